The van der Waals surface area contributed by atoms with Crippen molar-refractivity contribution in [2.24, 2.45) is 4.99 Å². The van der Waals surface area contributed by atoms with E-state index in [9.17, 15) is 0 Å². The Balaban J connectivity index is 1.11. The summed E-state index contributed by atoms with van der Waals surface area (Å²) in [4.78, 5) is 12.0. The van der Waals surface area contributed by atoms with Crippen LogP contribution in [0.4, 0.5) is 5.69 Å². The zero-order valence-electron chi connectivity index (χ0n) is 20.0. The highest BCUT2D eigenvalue weighted by atomic mass is 16.5. The predicted molar refractivity (Wildman–Crippen MR) is 131 cm³/mol. The molecule has 4 rings (SSSR count). The molecule has 2 atom stereocenters. The van der Waals surface area contributed by atoms with Crippen LogP contribution in [0.2, 0.25) is 0 Å². The zero-order valence-corrected chi connectivity index (χ0v) is 20.0. The van der Waals surface area contributed by atoms with E-state index in [4.69, 9.17) is 9.47 Å². The van der Waals surface area contributed by atoms with Gasteiger partial charge in [0.05, 0.1) is 12.7 Å². The van der Waals surface area contributed by atoms with Crippen LogP contribution in [0.5, 0.6) is 0 Å². The Bertz CT molecular complexity index is 729. The van der Waals surface area contributed by atoms with Crippen molar-refractivity contribution >= 4 is 11.6 Å². The molecule has 7 nitrogen and oxygen atoms in total. The Morgan fingerprint density at radius 2 is 1.91 bits per heavy atom. The van der Waals surface area contributed by atoms with Crippen LogP contribution in [-0.4, -0.2) is 101 Å². The zero-order chi connectivity index (χ0) is 22.2. The molecule has 3 aliphatic heterocycles. The number of hydrogen-bond donors (Lipinski definition) is 1. The third kappa shape index (κ3) is 6.36. The van der Waals surface area contributed by atoms with Gasteiger partial charge >= 0.3 is 0 Å². The first-order valence-electron chi connectivity index (χ1n) is 12.5. The molecule has 3 saturated heterocycles. The molecule has 0 amide bonds. The quantitative estimate of drug-likeness (QED) is 0.397. The summed E-state index contributed by atoms with van der Waals surface area (Å²) in [6, 6.07) is 8.87. The first-order chi connectivity index (χ1) is 15.7. The maximum Gasteiger partial charge on any atom is 0.193 e. The summed E-state index contributed by atoms with van der Waals surface area (Å²) in [6.45, 7) is 12.3. The van der Waals surface area contributed by atoms with Gasteiger partial charge < -0.3 is 24.6 Å². The number of hydrogen-bond acceptors (Lipinski definition) is 5. The fourth-order valence-electron chi connectivity index (χ4n) is 5.04. The van der Waals surface area contributed by atoms with E-state index in [0.29, 0.717) is 0 Å². The molecule has 3 fully saturated rings. The number of nitrogens with one attached hydrogen (secondary N) is 1. The molecular weight excluding hydrogens is 402 g/mol. The second-order valence-electron chi connectivity index (χ2n) is 9.26. The molecule has 0 spiro atoms. The summed E-state index contributed by atoms with van der Waals surface area (Å²) < 4.78 is 11.8. The monoisotopic (exact) mass is 443 g/mol. The maximum atomic E-state index is 5.98. The highest BCUT2D eigenvalue weighted by molar-refractivity contribution is 5.80. The van der Waals surface area contributed by atoms with Crippen LogP contribution in [0.15, 0.2) is 29.3 Å². The second-order valence-corrected chi connectivity index (χ2v) is 9.26. The third-order valence-electron chi connectivity index (χ3n) is 6.91. The number of piperazine rings is 1. The van der Waals surface area contributed by atoms with E-state index in [0.717, 1.165) is 84.2 Å². The largest absolute Gasteiger partial charge is 0.375 e. The Morgan fingerprint density at radius 3 is 2.66 bits per heavy atom. The van der Waals surface area contributed by atoms with Gasteiger partial charge in [0.1, 0.15) is 6.10 Å². The van der Waals surface area contributed by atoms with Gasteiger partial charge in [-0.25, -0.2) is 0 Å². The smallest absolute Gasteiger partial charge is 0.193 e. The standard InChI is InChI=1S/C25H41N5O2/c1-21-7-5-8-22(19-21)29-14-12-28(13-15-29)11-4-3-10-27-25(26-2)30-16-18-32-24(20-30)23-9-6-17-31-23/h5,7-8,19,23-24H,3-4,6,9-18,20H2,1-2H3,(H,26,27). The highest BCUT2D eigenvalue weighted by Crippen LogP contribution is 2.21. The van der Waals surface area contributed by atoms with Gasteiger partial charge in [0.2, 0.25) is 0 Å². The van der Waals surface area contributed by atoms with Crippen LogP contribution < -0.4 is 10.2 Å². The molecule has 7 heteroatoms. The molecule has 1 aromatic carbocycles. The number of nitrogens with zero attached hydrogens (tertiary/aromatic N) is 4. The van der Waals surface area contributed by atoms with Gasteiger partial charge in [-0.1, -0.05) is 12.1 Å². The first kappa shape index (κ1) is 23.3. The van der Waals surface area contributed by atoms with Gasteiger partial charge in [0.15, 0.2) is 5.96 Å². The lowest BCUT2D eigenvalue weighted by Gasteiger charge is -2.37. The van der Waals surface area contributed by atoms with Gasteiger partial charge in [-0.2, -0.15) is 0 Å². The van der Waals surface area contributed by atoms with Gasteiger partial charge in [-0.15, -0.1) is 0 Å². The van der Waals surface area contributed by atoms with E-state index in [1.165, 1.54) is 24.2 Å². The fraction of sp³-hybridized carbons (Fsp3) is 0.720. The number of ether oxygens (including phenoxy) is 2. The minimum Gasteiger partial charge on any atom is -0.375 e. The summed E-state index contributed by atoms with van der Waals surface area (Å²) in [5, 5.41) is 3.57. The second kappa shape index (κ2) is 11.9. The number of guanidine groups is 1. The molecule has 0 radical (unpaired) electrons. The van der Waals surface area contributed by atoms with Crippen LogP contribution in [0, 0.1) is 6.92 Å². The van der Waals surface area contributed by atoms with Crippen LogP contribution in [-0.2, 0) is 9.47 Å². The van der Waals surface area contributed by atoms with Gasteiger partial charge in [0.25, 0.3) is 0 Å². The normalized spacial score (nSPS) is 25.4. The lowest BCUT2D eigenvalue weighted by atomic mass is 10.1. The average molecular weight is 444 g/mol. The summed E-state index contributed by atoms with van der Waals surface area (Å²) in [5.74, 6) is 1.00. The molecule has 0 aromatic heterocycles. The van der Waals surface area contributed by atoms with Crippen molar-refractivity contribution in [3.63, 3.8) is 0 Å². The van der Waals surface area contributed by atoms with Crippen molar-refractivity contribution in [3.05, 3.63) is 29.8 Å². The van der Waals surface area contributed by atoms with Crippen molar-refractivity contribution in [3.8, 4) is 0 Å². The van der Waals surface area contributed by atoms with Crippen LogP contribution in [0.25, 0.3) is 0 Å². The maximum absolute atomic E-state index is 5.98. The molecule has 32 heavy (non-hydrogen) atoms. The molecule has 0 saturated carbocycles. The predicted octanol–water partition coefficient (Wildman–Crippen LogP) is 2.35. The SMILES string of the molecule is CN=C(NCCCCN1CCN(c2cccc(C)c2)CC1)N1CCOC(C2CCCO2)C1. The lowest BCUT2D eigenvalue weighted by Crippen LogP contribution is -2.53. The Hall–Kier alpha value is -1.83. The molecule has 3 heterocycles. The van der Waals surface area contributed by atoms with E-state index in [-0.39, 0.29) is 12.2 Å². The number of benzene rings is 1. The number of morpholine rings is 1. The Morgan fingerprint density at radius 1 is 1.06 bits per heavy atom. The summed E-state index contributed by atoms with van der Waals surface area (Å²) >= 11 is 0. The van der Waals surface area contributed by atoms with E-state index in [1.54, 1.807) is 0 Å². The van der Waals surface area contributed by atoms with Gasteiger partial charge in [-0.05, 0) is 56.8 Å². The molecule has 178 valence electrons. The van der Waals surface area contributed by atoms with Crippen molar-refractivity contribution in [1.82, 2.24) is 15.1 Å². The minimum atomic E-state index is 0.170. The average Bonchev–Trinajstić information content (AvgIpc) is 3.37. The van der Waals surface area contributed by atoms with E-state index in [1.807, 2.05) is 7.05 Å². The van der Waals surface area contributed by atoms with Crippen molar-refractivity contribution < 1.29 is 9.47 Å². The molecule has 2 unspecified atom stereocenters. The van der Waals surface area contributed by atoms with Crippen LogP contribution in [0.3, 0.4) is 0 Å². The first-order valence-corrected chi connectivity index (χ1v) is 12.5. The van der Waals surface area contributed by atoms with E-state index < -0.39 is 0 Å². The summed E-state index contributed by atoms with van der Waals surface area (Å²) in [5.41, 5.74) is 2.71. The van der Waals surface area contributed by atoms with Gasteiger partial charge in [0, 0.05) is 65.2 Å². The molecule has 3 aliphatic rings. The molecule has 0 bridgehead atoms. The summed E-state index contributed by atoms with van der Waals surface area (Å²) in [7, 11) is 1.88. The van der Waals surface area contributed by atoms with Crippen LogP contribution in [0.1, 0.15) is 31.2 Å². The number of aliphatic imine (C=N–C) groups is 1. The highest BCUT2D eigenvalue weighted by Gasteiger charge is 2.32. The minimum absolute atomic E-state index is 0.170. The number of aryl methyl sites for hydroxylation is 1. The summed E-state index contributed by atoms with van der Waals surface area (Å²) in [6.07, 6.45) is 5.07. The number of rotatable bonds is 7. The molecule has 1 aromatic rings. The number of anilines is 1. The Kier molecular flexibility index (Phi) is 8.65. The molecular formula is C25H41N5O2. The van der Waals surface area contributed by atoms with Gasteiger partial charge in [-0.3, -0.25) is 9.89 Å². The molecule has 0 aliphatic carbocycles. The van der Waals surface area contributed by atoms with Crippen molar-refractivity contribution in [1.29, 1.82) is 0 Å². The van der Waals surface area contributed by atoms with Crippen LogP contribution >= 0.6 is 0 Å². The third-order valence-corrected chi connectivity index (χ3v) is 6.91. The van der Waals surface area contributed by atoms with Crippen molar-refractivity contribution in [2.45, 2.75) is 44.8 Å². The lowest BCUT2D eigenvalue weighted by molar-refractivity contribution is -0.0816. The number of unbranched alkanes of at least 4 members (excludes halogenated alkanes) is 1. The topological polar surface area (TPSA) is 52.6 Å². The molecule has 1 N–H and O–H groups in total. The van der Waals surface area contributed by atoms with E-state index in [2.05, 4.69) is 56.2 Å². The van der Waals surface area contributed by atoms with E-state index >= 15 is 0 Å². The fourth-order valence-corrected chi connectivity index (χ4v) is 5.04. The Labute approximate surface area is 193 Å². The van der Waals surface area contributed by atoms with Crippen molar-refractivity contribution in [2.75, 3.05) is 77.5 Å².